The number of carbonyl (C=O) groups is 1. The summed E-state index contributed by atoms with van der Waals surface area (Å²) in [6, 6.07) is 28.9. The van der Waals surface area contributed by atoms with Crippen molar-refractivity contribution < 1.29 is 9.53 Å². The van der Waals surface area contributed by atoms with Gasteiger partial charge < -0.3 is 14.5 Å². The van der Waals surface area contributed by atoms with Gasteiger partial charge in [0.1, 0.15) is 6.10 Å². The zero-order valence-corrected chi connectivity index (χ0v) is 19.5. The van der Waals surface area contributed by atoms with Crippen LogP contribution in [0.4, 0.5) is 0 Å². The molecule has 1 heterocycles. The van der Waals surface area contributed by atoms with E-state index in [9.17, 15) is 4.79 Å². The van der Waals surface area contributed by atoms with Gasteiger partial charge in [-0.05, 0) is 42.1 Å². The maximum absolute atomic E-state index is 12.7. The monoisotopic (exact) mass is 442 g/mol. The van der Waals surface area contributed by atoms with Crippen LogP contribution in [0, 0.1) is 0 Å². The third-order valence-electron chi connectivity index (χ3n) is 6.36. The van der Waals surface area contributed by atoms with E-state index >= 15 is 0 Å². The Hall–Kier alpha value is -2.95. The Morgan fingerprint density at radius 1 is 0.909 bits per heavy atom. The van der Waals surface area contributed by atoms with Gasteiger partial charge in [-0.1, -0.05) is 84.9 Å². The van der Waals surface area contributed by atoms with E-state index in [2.05, 4.69) is 65.4 Å². The van der Waals surface area contributed by atoms with Gasteiger partial charge in [0.25, 0.3) is 0 Å². The molecule has 4 nitrogen and oxygen atoms in total. The van der Waals surface area contributed by atoms with Crippen molar-refractivity contribution in [3.63, 3.8) is 0 Å². The first-order valence-corrected chi connectivity index (χ1v) is 11.9. The summed E-state index contributed by atoms with van der Waals surface area (Å²) in [5.74, 6) is -0.126. The number of esters is 1. The largest absolute Gasteiger partial charge is 0.462 e. The van der Waals surface area contributed by atoms with E-state index in [4.69, 9.17) is 4.74 Å². The number of rotatable bonds is 9. The number of likely N-dealkylation sites (tertiary alicyclic amines) is 1. The fraction of sp³-hybridized carbons (Fsp3) is 0.345. The molecule has 3 aromatic rings. The molecule has 1 aliphatic heterocycles. The van der Waals surface area contributed by atoms with E-state index < -0.39 is 0 Å². The van der Waals surface area contributed by atoms with Crippen LogP contribution in [0.15, 0.2) is 84.9 Å². The summed E-state index contributed by atoms with van der Waals surface area (Å²) in [6.45, 7) is 5.03. The molecule has 0 amide bonds. The van der Waals surface area contributed by atoms with Gasteiger partial charge >= 0.3 is 5.97 Å². The highest BCUT2D eigenvalue weighted by Crippen LogP contribution is 2.24. The van der Waals surface area contributed by atoms with Crippen molar-refractivity contribution in [2.45, 2.75) is 31.9 Å². The first-order valence-electron chi connectivity index (χ1n) is 11.9. The van der Waals surface area contributed by atoms with Crippen LogP contribution in [-0.2, 0) is 22.5 Å². The molecule has 1 aliphatic rings. The summed E-state index contributed by atoms with van der Waals surface area (Å²) in [7, 11) is 2.18. The molecule has 0 aromatic heterocycles. The van der Waals surface area contributed by atoms with E-state index in [0.717, 1.165) is 62.3 Å². The maximum Gasteiger partial charge on any atom is 0.310 e. The van der Waals surface area contributed by atoms with Crippen molar-refractivity contribution in [1.29, 1.82) is 0 Å². The lowest BCUT2D eigenvalue weighted by molar-refractivity contribution is -0.150. The van der Waals surface area contributed by atoms with Crippen LogP contribution in [0.5, 0.6) is 0 Å². The molecule has 172 valence electrons. The van der Waals surface area contributed by atoms with E-state index in [1.807, 2.05) is 36.4 Å². The van der Waals surface area contributed by atoms with Gasteiger partial charge in [-0.25, -0.2) is 0 Å². The Bertz CT molecular complexity index is 998. The van der Waals surface area contributed by atoms with Crippen molar-refractivity contribution >= 4 is 5.97 Å². The second kappa shape index (κ2) is 11.8. The lowest BCUT2D eigenvalue weighted by Gasteiger charge is -2.32. The fourth-order valence-electron chi connectivity index (χ4n) is 4.49. The van der Waals surface area contributed by atoms with Gasteiger partial charge in [-0.2, -0.15) is 0 Å². The van der Waals surface area contributed by atoms with Crippen molar-refractivity contribution in [1.82, 2.24) is 9.80 Å². The number of hydrogen-bond acceptors (Lipinski definition) is 4. The normalized spacial score (nSPS) is 15.0. The number of nitrogens with zero attached hydrogens (tertiary/aromatic N) is 2. The predicted octanol–water partition coefficient (Wildman–Crippen LogP) is 5.04. The molecule has 1 fully saturated rings. The second-order valence-corrected chi connectivity index (χ2v) is 8.95. The molecule has 33 heavy (non-hydrogen) atoms. The molecule has 0 atom stereocenters. The highest BCUT2D eigenvalue weighted by Gasteiger charge is 2.23. The number of piperidine rings is 1. The zero-order valence-electron chi connectivity index (χ0n) is 19.5. The van der Waals surface area contributed by atoms with E-state index in [1.165, 1.54) is 5.56 Å². The van der Waals surface area contributed by atoms with Crippen LogP contribution < -0.4 is 0 Å². The summed E-state index contributed by atoms with van der Waals surface area (Å²) in [5, 5.41) is 0. The van der Waals surface area contributed by atoms with E-state index in [1.54, 1.807) is 0 Å². The van der Waals surface area contributed by atoms with Crippen LogP contribution >= 0.6 is 0 Å². The van der Waals surface area contributed by atoms with Crippen molar-refractivity contribution in [3.8, 4) is 11.1 Å². The van der Waals surface area contributed by atoms with Gasteiger partial charge in [0.2, 0.25) is 0 Å². The average Bonchev–Trinajstić information content (AvgIpc) is 2.85. The van der Waals surface area contributed by atoms with E-state index in [0.29, 0.717) is 6.42 Å². The van der Waals surface area contributed by atoms with Crippen LogP contribution in [0.3, 0.4) is 0 Å². The number of likely N-dealkylation sites (N-methyl/N-ethyl adjacent to an activating group) is 1. The summed E-state index contributed by atoms with van der Waals surface area (Å²) in [6.07, 6.45) is 2.16. The molecule has 0 spiro atoms. The molecule has 0 saturated carbocycles. The Balaban J connectivity index is 1.20. The lowest BCUT2D eigenvalue weighted by atomic mass is 9.98. The highest BCUT2D eigenvalue weighted by atomic mass is 16.5. The number of carbonyl (C=O) groups excluding carboxylic acids is 1. The third-order valence-corrected chi connectivity index (χ3v) is 6.36. The number of benzene rings is 3. The first-order chi connectivity index (χ1) is 16.2. The smallest absolute Gasteiger partial charge is 0.310 e. The van der Waals surface area contributed by atoms with E-state index in [-0.39, 0.29) is 12.1 Å². The van der Waals surface area contributed by atoms with Crippen molar-refractivity contribution in [2.24, 2.45) is 0 Å². The summed E-state index contributed by atoms with van der Waals surface area (Å²) >= 11 is 0. The number of hydrogen-bond donors (Lipinski definition) is 0. The fourth-order valence-corrected chi connectivity index (χ4v) is 4.49. The minimum absolute atomic E-state index is 0.0275. The number of ether oxygens (including phenoxy) is 1. The summed E-state index contributed by atoms with van der Waals surface area (Å²) in [4.78, 5) is 17.5. The van der Waals surface area contributed by atoms with Gasteiger partial charge in [0.05, 0.1) is 6.42 Å². The third kappa shape index (κ3) is 7.01. The molecule has 0 bridgehead atoms. The predicted molar refractivity (Wildman–Crippen MR) is 134 cm³/mol. The molecule has 4 heteroatoms. The lowest BCUT2D eigenvalue weighted by Crippen LogP contribution is -2.41. The van der Waals surface area contributed by atoms with Crippen molar-refractivity contribution in [3.05, 3.63) is 96.1 Å². The zero-order chi connectivity index (χ0) is 22.9. The molecular weight excluding hydrogens is 408 g/mol. The Labute approximate surface area is 197 Å². The minimum atomic E-state index is -0.126. The quantitative estimate of drug-likeness (QED) is 0.435. The maximum atomic E-state index is 12.7. The van der Waals surface area contributed by atoms with Crippen molar-refractivity contribution in [2.75, 3.05) is 33.2 Å². The van der Waals surface area contributed by atoms with Crippen LogP contribution in [0.2, 0.25) is 0 Å². The molecule has 0 radical (unpaired) electrons. The molecule has 0 N–H and O–H groups in total. The van der Waals surface area contributed by atoms with Gasteiger partial charge in [0, 0.05) is 32.7 Å². The Kier molecular flexibility index (Phi) is 8.29. The van der Waals surface area contributed by atoms with Gasteiger partial charge in [0.15, 0.2) is 0 Å². The topological polar surface area (TPSA) is 32.8 Å². The first kappa shape index (κ1) is 23.2. The van der Waals surface area contributed by atoms with Crippen LogP contribution in [-0.4, -0.2) is 55.1 Å². The summed E-state index contributed by atoms with van der Waals surface area (Å²) < 4.78 is 5.86. The van der Waals surface area contributed by atoms with Crippen LogP contribution in [0.1, 0.15) is 24.0 Å². The Morgan fingerprint density at radius 3 is 2.27 bits per heavy atom. The molecule has 0 aliphatic carbocycles. The van der Waals surface area contributed by atoms with Crippen LogP contribution in [0.25, 0.3) is 11.1 Å². The molecule has 3 aromatic carbocycles. The molecule has 0 unspecified atom stereocenters. The van der Waals surface area contributed by atoms with Gasteiger partial charge in [-0.15, -0.1) is 0 Å². The minimum Gasteiger partial charge on any atom is -0.462 e. The molecular formula is C29H34N2O2. The second-order valence-electron chi connectivity index (χ2n) is 8.95. The highest BCUT2D eigenvalue weighted by molar-refractivity contribution is 5.78. The summed E-state index contributed by atoms with van der Waals surface area (Å²) in [5.41, 5.74) is 4.60. The Morgan fingerprint density at radius 2 is 1.55 bits per heavy atom. The van der Waals surface area contributed by atoms with Gasteiger partial charge in [-0.3, -0.25) is 4.79 Å². The molecule has 4 rings (SSSR count). The SMILES string of the molecule is CN(CCN1CCC(OC(=O)Cc2ccccc2-c2ccccc2)CC1)Cc1ccccc1. The molecule has 1 saturated heterocycles. The standard InChI is InChI=1S/C29H34N2O2/c1-30(23-24-10-4-2-5-11-24)20-21-31-18-16-27(17-19-31)33-29(32)22-26-14-8-9-15-28(26)25-12-6-3-7-13-25/h2-15,27H,16-23H2,1H3. The average molecular weight is 443 g/mol.